The fourth-order valence-electron chi connectivity index (χ4n) is 1.47. The maximum Gasteiger partial charge on any atom is 0.250 e. The van der Waals surface area contributed by atoms with Crippen LogP contribution in [-0.4, -0.2) is 25.8 Å². The van der Waals surface area contributed by atoms with Crippen molar-refractivity contribution in [1.82, 2.24) is 19.7 Å². The molecule has 5 heteroatoms. The van der Waals surface area contributed by atoms with Gasteiger partial charge in [0.15, 0.2) is 0 Å². The van der Waals surface area contributed by atoms with E-state index >= 15 is 0 Å². The minimum absolute atomic E-state index is 0.126. The Balaban J connectivity index is 2.19. The summed E-state index contributed by atoms with van der Waals surface area (Å²) in [6.45, 7) is 3.94. The highest BCUT2D eigenvalue weighted by Crippen LogP contribution is 2.04. The Morgan fingerprint density at radius 3 is 2.50 bits per heavy atom. The average molecular weight is 217 g/mol. The van der Waals surface area contributed by atoms with Gasteiger partial charge in [-0.05, 0) is 31.4 Å². The number of hydrogen-bond donors (Lipinski definition) is 1. The van der Waals surface area contributed by atoms with Gasteiger partial charge in [-0.1, -0.05) is 0 Å². The molecule has 0 spiro atoms. The third-order valence-corrected chi connectivity index (χ3v) is 2.17. The van der Waals surface area contributed by atoms with Crippen LogP contribution in [-0.2, 0) is 6.42 Å². The van der Waals surface area contributed by atoms with Crippen LogP contribution in [0.5, 0.6) is 0 Å². The van der Waals surface area contributed by atoms with Gasteiger partial charge in [-0.3, -0.25) is 0 Å². The molecular formula is C11H15N5. The molecule has 0 aliphatic heterocycles. The number of aryl methyl sites for hydroxylation is 1. The molecule has 2 rings (SSSR count). The SMILES string of the molecule is Cc1cnn(-c2ncc(CC(C)N)cn2)c1. The first kappa shape index (κ1) is 10.8. The smallest absolute Gasteiger partial charge is 0.250 e. The van der Waals surface area contributed by atoms with Crippen molar-refractivity contribution in [2.24, 2.45) is 5.73 Å². The second-order valence-corrected chi connectivity index (χ2v) is 4.03. The van der Waals surface area contributed by atoms with E-state index in [-0.39, 0.29) is 6.04 Å². The number of nitrogens with zero attached hydrogens (tertiary/aromatic N) is 4. The molecule has 0 amide bonds. The molecule has 5 nitrogen and oxygen atoms in total. The third kappa shape index (κ3) is 2.43. The molecule has 0 saturated carbocycles. The lowest BCUT2D eigenvalue weighted by molar-refractivity contribution is 0.725. The van der Waals surface area contributed by atoms with E-state index in [0.29, 0.717) is 5.95 Å². The maximum atomic E-state index is 5.70. The molecule has 0 aliphatic rings. The van der Waals surface area contributed by atoms with Crippen molar-refractivity contribution in [2.75, 3.05) is 0 Å². The molecule has 2 aromatic rings. The molecule has 2 aromatic heterocycles. The lowest BCUT2D eigenvalue weighted by Gasteiger charge is -2.04. The molecule has 0 bridgehead atoms. The summed E-state index contributed by atoms with van der Waals surface area (Å²) in [6.07, 6.45) is 8.05. The molecular weight excluding hydrogens is 202 g/mol. The summed E-state index contributed by atoms with van der Waals surface area (Å²) in [6, 6.07) is 0.126. The van der Waals surface area contributed by atoms with Crippen molar-refractivity contribution in [3.63, 3.8) is 0 Å². The molecule has 2 N–H and O–H groups in total. The summed E-state index contributed by atoms with van der Waals surface area (Å²) in [5, 5.41) is 4.14. The van der Waals surface area contributed by atoms with Crippen molar-refractivity contribution in [1.29, 1.82) is 0 Å². The molecule has 84 valence electrons. The quantitative estimate of drug-likeness (QED) is 0.827. The monoisotopic (exact) mass is 217 g/mol. The van der Waals surface area contributed by atoms with Crippen LogP contribution in [0, 0.1) is 6.92 Å². The second-order valence-electron chi connectivity index (χ2n) is 4.03. The van der Waals surface area contributed by atoms with Crippen LogP contribution >= 0.6 is 0 Å². The highest BCUT2D eigenvalue weighted by Gasteiger charge is 2.03. The first-order valence-corrected chi connectivity index (χ1v) is 5.23. The predicted octanol–water partition coefficient (Wildman–Crippen LogP) is 0.860. The lowest BCUT2D eigenvalue weighted by Crippen LogP contribution is -2.18. The van der Waals surface area contributed by atoms with Crippen LogP contribution in [0.1, 0.15) is 18.1 Å². The zero-order chi connectivity index (χ0) is 11.5. The Hall–Kier alpha value is -1.75. The number of hydrogen-bond acceptors (Lipinski definition) is 4. The highest BCUT2D eigenvalue weighted by molar-refractivity contribution is 5.16. The summed E-state index contributed by atoms with van der Waals surface area (Å²) >= 11 is 0. The normalized spacial score (nSPS) is 12.7. The summed E-state index contributed by atoms with van der Waals surface area (Å²) in [7, 11) is 0. The van der Waals surface area contributed by atoms with Crippen LogP contribution in [0.25, 0.3) is 5.95 Å². The van der Waals surface area contributed by atoms with Crippen molar-refractivity contribution >= 4 is 0 Å². The van der Waals surface area contributed by atoms with Crippen LogP contribution in [0.2, 0.25) is 0 Å². The minimum Gasteiger partial charge on any atom is -0.328 e. The van der Waals surface area contributed by atoms with Crippen LogP contribution in [0.15, 0.2) is 24.8 Å². The van der Waals surface area contributed by atoms with E-state index in [9.17, 15) is 0 Å². The predicted molar refractivity (Wildman–Crippen MR) is 61.2 cm³/mol. The van der Waals surface area contributed by atoms with E-state index in [1.165, 1.54) is 0 Å². The molecule has 1 unspecified atom stereocenters. The number of rotatable bonds is 3. The maximum absolute atomic E-state index is 5.70. The first-order valence-electron chi connectivity index (χ1n) is 5.23. The standard InChI is InChI=1S/C11H15N5/c1-8-4-15-16(7-8)11-13-5-10(6-14-11)3-9(2)12/h4-7,9H,3,12H2,1-2H3. The first-order chi connectivity index (χ1) is 7.65. The Kier molecular flexibility index (Phi) is 2.96. The minimum atomic E-state index is 0.126. The second kappa shape index (κ2) is 4.40. The summed E-state index contributed by atoms with van der Waals surface area (Å²) in [5.41, 5.74) is 7.83. The molecule has 0 saturated heterocycles. The van der Waals surface area contributed by atoms with Crippen LogP contribution < -0.4 is 5.73 Å². The van der Waals surface area contributed by atoms with E-state index in [0.717, 1.165) is 17.5 Å². The van der Waals surface area contributed by atoms with Gasteiger partial charge in [-0.15, -0.1) is 0 Å². The van der Waals surface area contributed by atoms with Gasteiger partial charge in [0.1, 0.15) is 0 Å². The summed E-state index contributed by atoms with van der Waals surface area (Å²) < 4.78 is 1.66. The van der Waals surface area contributed by atoms with Crippen molar-refractivity contribution in [3.05, 3.63) is 35.9 Å². The lowest BCUT2D eigenvalue weighted by atomic mass is 10.1. The zero-order valence-electron chi connectivity index (χ0n) is 9.46. The van der Waals surface area contributed by atoms with Crippen molar-refractivity contribution < 1.29 is 0 Å². The van der Waals surface area contributed by atoms with Gasteiger partial charge in [0.05, 0.1) is 6.20 Å². The van der Waals surface area contributed by atoms with Gasteiger partial charge in [-0.25, -0.2) is 14.6 Å². The fourth-order valence-corrected chi connectivity index (χ4v) is 1.47. The number of nitrogens with two attached hydrogens (primary N) is 1. The van der Waals surface area contributed by atoms with E-state index in [2.05, 4.69) is 15.1 Å². The average Bonchev–Trinajstić information content (AvgIpc) is 2.65. The van der Waals surface area contributed by atoms with E-state index in [1.54, 1.807) is 23.3 Å². The van der Waals surface area contributed by atoms with Gasteiger partial charge < -0.3 is 5.73 Å². The van der Waals surface area contributed by atoms with Gasteiger partial charge >= 0.3 is 0 Å². The van der Waals surface area contributed by atoms with E-state index in [1.807, 2.05) is 20.0 Å². The van der Waals surface area contributed by atoms with Crippen LogP contribution in [0.3, 0.4) is 0 Å². The molecule has 0 aliphatic carbocycles. The van der Waals surface area contributed by atoms with Crippen LogP contribution in [0.4, 0.5) is 0 Å². The molecule has 0 radical (unpaired) electrons. The Morgan fingerprint density at radius 1 is 1.31 bits per heavy atom. The van der Waals surface area contributed by atoms with Gasteiger partial charge in [0, 0.05) is 24.6 Å². The van der Waals surface area contributed by atoms with Gasteiger partial charge in [0.25, 0.3) is 0 Å². The van der Waals surface area contributed by atoms with Crippen molar-refractivity contribution in [3.8, 4) is 5.95 Å². The van der Waals surface area contributed by atoms with Crippen molar-refractivity contribution in [2.45, 2.75) is 26.3 Å². The van der Waals surface area contributed by atoms with E-state index in [4.69, 9.17) is 5.73 Å². The number of aromatic nitrogens is 4. The molecule has 1 atom stereocenters. The largest absolute Gasteiger partial charge is 0.328 e. The molecule has 0 fully saturated rings. The fraction of sp³-hybridized carbons (Fsp3) is 0.364. The topological polar surface area (TPSA) is 69.6 Å². The Bertz CT molecular complexity index is 457. The highest BCUT2D eigenvalue weighted by atomic mass is 15.3. The molecule has 0 aromatic carbocycles. The Labute approximate surface area is 94.3 Å². The van der Waals surface area contributed by atoms with E-state index < -0.39 is 0 Å². The molecule has 16 heavy (non-hydrogen) atoms. The summed E-state index contributed by atoms with van der Waals surface area (Å²) in [4.78, 5) is 8.50. The van der Waals surface area contributed by atoms with Gasteiger partial charge in [-0.2, -0.15) is 5.10 Å². The summed E-state index contributed by atoms with van der Waals surface area (Å²) in [5.74, 6) is 0.585. The zero-order valence-corrected chi connectivity index (χ0v) is 9.46. The Morgan fingerprint density at radius 2 is 2.00 bits per heavy atom. The molecule has 2 heterocycles. The van der Waals surface area contributed by atoms with Gasteiger partial charge in [0.2, 0.25) is 5.95 Å². The third-order valence-electron chi connectivity index (χ3n) is 2.17.